The first kappa shape index (κ1) is 14.6. The molecule has 0 saturated heterocycles. The molecule has 0 aliphatic rings. The number of sulfone groups is 1. The molecule has 0 aromatic heterocycles. The number of nitrogens with two attached hydrogens (primary N) is 1. The van der Waals surface area contributed by atoms with Crippen LogP contribution >= 0.6 is 0 Å². The standard InChI is InChI=1S/C10H21NO3S/c1-9(2)15(13,14)8-6-10(12)5-3-4-7-11/h9H,3-8,11H2,1-2H3. The summed E-state index contributed by atoms with van der Waals surface area (Å²) >= 11 is 0. The van der Waals surface area contributed by atoms with E-state index >= 15 is 0 Å². The molecular formula is C10H21NO3S. The lowest BCUT2D eigenvalue weighted by Gasteiger charge is -2.06. The quantitative estimate of drug-likeness (QED) is 0.634. The Hall–Kier alpha value is -0.420. The Morgan fingerprint density at radius 3 is 2.27 bits per heavy atom. The minimum absolute atomic E-state index is 0.0210. The fraction of sp³-hybridized carbons (Fsp3) is 0.900. The lowest BCUT2D eigenvalue weighted by Crippen LogP contribution is -2.19. The van der Waals surface area contributed by atoms with E-state index in [1.54, 1.807) is 13.8 Å². The SMILES string of the molecule is CC(C)S(=O)(=O)CCC(=O)CCCCN. The van der Waals surface area contributed by atoms with Crippen molar-refractivity contribution >= 4 is 15.6 Å². The zero-order valence-electron chi connectivity index (χ0n) is 9.53. The van der Waals surface area contributed by atoms with Crippen LogP contribution in [0.25, 0.3) is 0 Å². The summed E-state index contributed by atoms with van der Waals surface area (Å²) in [6.07, 6.45) is 2.18. The highest BCUT2D eigenvalue weighted by atomic mass is 32.2. The molecule has 0 saturated carbocycles. The van der Waals surface area contributed by atoms with Crippen LogP contribution in [0.1, 0.15) is 39.5 Å². The van der Waals surface area contributed by atoms with Gasteiger partial charge in [0.15, 0.2) is 9.84 Å². The van der Waals surface area contributed by atoms with Crippen molar-refractivity contribution in [3.05, 3.63) is 0 Å². The van der Waals surface area contributed by atoms with E-state index in [1.807, 2.05) is 0 Å². The molecular weight excluding hydrogens is 214 g/mol. The van der Waals surface area contributed by atoms with E-state index in [9.17, 15) is 13.2 Å². The van der Waals surface area contributed by atoms with Gasteiger partial charge in [-0.2, -0.15) is 0 Å². The van der Waals surface area contributed by atoms with E-state index in [0.29, 0.717) is 13.0 Å². The molecule has 0 aliphatic carbocycles. The zero-order valence-corrected chi connectivity index (χ0v) is 10.3. The van der Waals surface area contributed by atoms with Gasteiger partial charge in [-0.05, 0) is 33.2 Å². The summed E-state index contributed by atoms with van der Waals surface area (Å²) in [4.78, 5) is 11.3. The Morgan fingerprint density at radius 1 is 1.20 bits per heavy atom. The van der Waals surface area contributed by atoms with Crippen LogP contribution in [0.2, 0.25) is 0 Å². The van der Waals surface area contributed by atoms with Gasteiger partial charge in [0, 0.05) is 12.8 Å². The summed E-state index contributed by atoms with van der Waals surface area (Å²) in [5, 5.41) is -0.394. The van der Waals surface area contributed by atoms with Crippen LogP contribution in [0.5, 0.6) is 0 Å². The number of unbranched alkanes of at least 4 members (excludes halogenated alkanes) is 1. The van der Waals surface area contributed by atoms with Crippen molar-refractivity contribution in [1.82, 2.24) is 0 Å². The molecule has 0 unspecified atom stereocenters. The number of carbonyl (C=O) groups is 1. The lowest BCUT2D eigenvalue weighted by atomic mass is 10.1. The normalized spacial score (nSPS) is 12.0. The highest BCUT2D eigenvalue weighted by molar-refractivity contribution is 7.91. The number of hydrogen-bond acceptors (Lipinski definition) is 4. The van der Waals surface area contributed by atoms with E-state index in [0.717, 1.165) is 12.8 Å². The van der Waals surface area contributed by atoms with Gasteiger partial charge in [0.2, 0.25) is 0 Å². The van der Waals surface area contributed by atoms with Crippen molar-refractivity contribution in [2.45, 2.75) is 44.8 Å². The van der Waals surface area contributed by atoms with Crippen molar-refractivity contribution in [3.63, 3.8) is 0 Å². The molecule has 0 aliphatic heterocycles. The molecule has 0 atom stereocenters. The van der Waals surface area contributed by atoms with E-state index < -0.39 is 15.1 Å². The van der Waals surface area contributed by atoms with Gasteiger partial charge in [-0.1, -0.05) is 0 Å². The first-order chi connectivity index (χ1) is 6.90. The van der Waals surface area contributed by atoms with Gasteiger partial charge >= 0.3 is 0 Å². The highest BCUT2D eigenvalue weighted by Crippen LogP contribution is 2.05. The van der Waals surface area contributed by atoms with Gasteiger partial charge in [0.1, 0.15) is 5.78 Å². The van der Waals surface area contributed by atoms with E-state index in [1.165, 1.54) is 0 Å². The van der Waals surface area contributed by atoms with Gasteiger partial charge in [-0.25, -0.2) is 8.42 Å². The van der Waals surface area contributed by atoms with Gasteiger partial charge in [0.25, 0.3) is 0 Å². The van der Waals surface area contributed by atoms with E-state index in [4.69, 9.17) is 5.73 Å². The number of ketones is 1. The summed E-state index contributed by atoms with van der Waals surface area (Å²) in [7, 11) is -3.07. The third-order valence-electron chi connectivity index (χ3n) is 2.29. The second kappa shape index (κ2) is 6.95. The monoisotopic (exact) mass is 235 g/mol. The minimum Gasteiger partial charge on any atom is -0.330 e. The van der Waals surface area contributed by atoms with E-state index in [-0.39, 0.29) is 18.0 Å². The molecule has 0 radical (unpaired) electrons. The summed E-state index contributed by atoms with van der Waals surface area (Å²) in [5.74, 6) is -0.000706. The predicted octanol–water partition coefficient (Wildman–Crippen LogP) is 0.898. The van der Waals surface area contributed by atoms with Crippen LogP contribution in [0, 0.1) is 0 Å². The molecule has 0 aromatic carbocycles. The zero-order chi connectivity index (χ0) is 11.9. The topological polar surface area (TPSA) is 77.2 Å². The van der Waals surface area contributed by atoms with Crippen molar-refractivity contribution in [3.8, 4) is 0 Å². The Morgan fingerprint density at radius 2 is 1.80 bits per heavy atom. The van der Waals surface area contributed by atoms with Crippen molar-refractivity contribution in [2.75, 3.05) is 12.3 Å². The van der Waals surface area contributed by atoms with Crippen molar-refractivity contribution in [2.24, 2.45) is 5.73 Å². The first-order valence-electron chi connectivity index (χ1n) is 5.33. The van der Waals surface area contributed by atoms with Crippen LogP contribution in [0.3, 0.4) is 0 Å². The molecule has 5 heteroatoms. The second-order valence-electron chi connectivity index (χ2n) is 3.95. The minimum atomic E-state index is -3.07. The highest BCUT2D eigenvalue weighted by Gasteiger charge is 2.17. The van der Waals surface area contributed by atoms with Gasteiger partial charge < -0.3 is 5.73 Å². The molecule has 4 nitrogen and oxygen atoms in total. The molecule has 0 amide bonds. The maximum absolute atomic E-state index is 11.4. The Kier molecular flexibility index (Phi) is 6.76. The Balaban J connectivity index is 3.81. The fourth-order valence-electron chi connectivity index (χ4n) is 1.08. The maximum Gasteiger partial charge on any atom is 0.153 e. The van der Waals surface area contributed by atoms with Gasteiger partial charge in [0.05, 0.1) is 11.0 Å². The molecule has 0 aromatic rings. The van der Waals surface area contributed by atoms with Gasteiger partial charge in [-0.15, -0.1) is 0 Å². The number of Topliss-reactive ketones (excluding diaryl/α,β-unsaturated/α-hetero) is 1. The summed E-state index contributed by atoms with van der Waals surface area (Å²) in [6, 6.07) is 0. The van der Waals surface area contributed by atoms with Gasteiger partial charge in [-0.3, -0.25) is 4.79 Å². The van der Waals surface area contributed by atoms with Crippen LogP contribution in [0.15, 0.2) is 0 Å². The molecule has 0 bridgehead atoms. The van der Waals surface area contributed by atoms with Crippen molar-refractivity contribution in [1.29, 1.82) is 0 Å². The van der Waals surface area contributed by atoms with Crippen LogP contribution in [0.4, 0.5) is 0 Å². The fourth-order valence-corrected chi connectivity index (χ4v) is 2.07. The summed E-state index contributed by atoms with van der Waals surface area (Å²) in [5.41, 5.74) is 5.29. The van der Waals surface area contributed by atoms with Crippen molar-refractivity contribution < 1.29 is 13.2 Å². The molecule has 15 heavy (non-hydrogen) atoms. The first-order valence-corrected chi connectivity index (χ1v) is 7.05. The molecule has 0 spiro atoms. The Bertz CT molecular complexity index is 283. The molecule has 90 valence electrons. The molecule has 0 heterocycles. The summed E-state index contributed by atoms with van der Waals surface area (Å²) < 4.78 is 22.8. The summed E-state index contributed by atoms with van der Waals surface area (Å²) in [6.45, 7) is 3.85. The van der Waals surface area contributed by atoms with Crippen LogP contribution in [-0.4, -0.2) is 31.7 Å². The Labute approximate surface area is 92.2 Å². The number of rotatable bonds is 8. The maximum atomic E-state index is 11.4. The second-order valence-corrected chi connectivity index (χ2v) is 6.63. The number of carbonyl (C=O) groups excluding carboxylic acids is 1. The smallest absolute Gasteiger partial charge is 0.153 e. The largest absolute Gasteiger partial charge is 0.330 e. The third-order valence-corrected chi connectivity index (χ3v) is 4.50. The predicted molar refractivity (Wildman–Crippen MR) is 61.5 cm³/mol. The van der Waals surface area contributed by atoms with E-state index in [2.05, 4.69) is 0 Å². The number of hydrogen-bond donors (Lipinski definition) is 1. The third kappa shape index (κ3) is 6.62. The molecule has 2 N–H and O–H groups in total. The average Bonchev–Trinajstić information content (AvgIpc) is 2.15. The molecule has 0 rings (SSSR count). The van der Waals surface area contributed by atoms with Crippen LogP contribution < -0.4 is 5.73 Å². The molecule has 0 fully saturated rings. The lowest BCUT2D eigenvalue weighted by molar-refractivity contribution is -0.118. The average molecular weight is 235 g/mol. The van der Waals surface area contributed by atoms with Crippen LogP contribution in [-0.2, 0) is 14.6 Å².